The molecule has 120 valence electrons. The maximum atomic E-state index is 5.77. The van der Waals surface area contributed by atoms with E-state index in [-0.39, 0.29) is 5.54 Å². The molecule has 1 aliphatic rings. The lowest BCUT2D eigenvalue weighted by Crippen LogP contribution is -2.63. The summed E-state index contributed by atoms with van der Waals surface area (Å²) in [6, 6.07) is 0.671. The number of unbranched alkanes of at least 4 members (excludes halogenated alkanes) is 1. The minimum atomic E-state index is 0.275. The van der Waals surface area contributed by atoms with Crippen molar-refractivity contribution in [2.45, 2.75) is 71.9 Å². The molecule has 0 saturated carbocycles. The maximum Gasteiger partial charge on any atom is 0.0593 e. The van der Waals surface area contributed by atoms with Gasteiger partial charge in [0.1, 0.15) is 0 Å². The van der Waals surface area contributed by atoms with Crippen molar-refractivity contribution in [2.75, 3.05) is 32.8 Å². The summed E-state index contributed by atoms with van der Waals surface area (Å²) in [4.78, 5) is 2.66. The summed E-state index contributed by atoms with van der Waals surface area (Å²) in [5.74, 6) is 0.760. The first kappa shape index (κ1) is 17.9. The molecule has 3 nitrogen and oxygen atoms in total. The van der Waals surface area contributed by atoms with Gasteiger partial charge < -0.3 is 10.1 Å². The second-order valence-corrected chi connectivity index (χ2v) is 7.01. The van der Waals surface area contributed by atoms with Gasteiger partial charge in [-0.05, 0) is 32.1 Å². The number of ether oxygens (including phenoxy) is 1. The second kappa shape index (κ2) is 9.01. The van der Waals surface area contributed by atoms with Gasteiger partial charge in [-0.1, -0.05) is 34.1 Å². The molecule has 0 aromatic carbocycles. The Balaban J connectivity index is 2.44. The van der Waals surface area contributed by atoms with Crippen molar-refractivity contribution in [1.82, 2.24) is 10.2 Å². The van der Waals surface area contributed by atoms with E-state index in [1.165, 1.54) is 25.7 Å². The van der Waals surface area contributed by atoms with Crippen LogP contribution >= 0.6 is 0 Å². The largest absolute Gasteiger partial charge is 0.380 e. The van der Waals surface area contributed by atoms with Crippen LogP contribution in [0.15, 0.2) is 0 Å². The predicted molar refractivity (Wildman–Crippen MR) is 87.2 cm³/mol. The van der Waals surface area contributed by atoms with Crippen LogP contribution < -0.4 is 5.32 Å². The first-order chi connectivity index (χ1) is 9.50. The van der Waals surface area contributed by atoms with Crippen LogP contribution in [-0.4, -0.2) is 49.3 Å². The van der Waals surface area contributed by atoms with Gasteiger partial charge in [-0.2, -0.15) is 0 Å². The molecule has 0 radical (unpaired) electrons. The van der Waals surface area contributed by atoms with Gasteiger partial charge in [0.05, 0.1) is 6.61 Å². The highest BCUT2D eigenvalue weighted by molar-refractivity contribution is 4.94. The Morgan fingerprint density at radius 3 is 2.65 bits per heavy atom. The third kappa shape index (κ3) is 6.11. The summed E-state index contributed by atoms with van der Waals surface area (Å²) < 4.78 is 5.77. The van der Waals surface area contributed by atoms with Crippen molar-refractivity contribution in [3.63, 3.8) is 0 Å². The summed E-state index contributed by atoms with van der Waals surface area (Å²) in [5, 5.41) is 3.76. The van der Waals surface area contributed by atoms with E-state index < -0.39 is 0 Å². The van der Waals surface area contributed by atoms with E-state index >= 15 is 0 Å². The number of nitrogens with one attached hydrogen (secondary N) is 1. The number of piperazine rings is 1. The minimum Gasteiger partial charge on any atom is -0.380 e. The quantitative estimate of drug-likeness (QED) is 0.658. The summed E-state index contributed by atoms with van der Waals surface area (Å²) in [6.45, 7) is 16.7. The summed E-state index contributed by atoms with van der Waals surface area (Å²) in [5.41, 5.74) is 0.275. The molecule has 1 saturated heterocycles. The van der Waals surface area contributed by atoms with E-state index in [1.807, 2.05) is 0 Å². The smallest absolute Gasteiger partial charge is 0.0593 e. The van der Waals surface area contributed by atoms with Gasteiger partial charge in [0.2, 0.25) is 0 Å². The number of rotatable bonds is 9. The van der Waals surface area contributed by atoms with Gasteiger partial charge in [-0.15, -0.1) is 0 Å². The molecule has 0 aliphatic carbocycles. The molecule has 20 heavy (non-hydrogen) atoms. The van der Waals surface area contributed by atoms with Crippen LogP contribution in [0, 0.1) is 5.92 Å². The van der Waals surface area contributed by atoms with E-state index in [2.05, 4.69) is 44.8 Å². The molecule has 1 heterocycles. The van der Waals surface area contributed by atoms with Crippen LogP contribution in [0.5, 0.6) is 0 Å². The number of hydrogen-bond donors (Lipinski definition) is 1. The molecule has 3 heteroatoms. The molecule has 1 rings (SSSR count). The highest BCUT2D eigenvalue weighted by Crippen LogP contribution is 2.22. The number of nitrogens with zero attached hydrogens (tertiary/aromatic N) is 1. The predicted octanol–water partition coefficient (Wildman–Crippen LogP) is 3.29. The van der Waals surface area contributed by atoms with E-state index in [4.69, 9.17) is 4.74 Å². The zero-order valence-corrected chi connectivity index (χ0v) is 14.4. The molecule has 0 aromatic rings. The SMILES string of the molecule is CCCCOCCN1CC(C)(CC)NCC1CC(C)C. The first-order valence-electron chi connectivity index (χ1n) is 8.57. The molecular weight excluding hydrogens is 248 g/mol. The standard InChI is InChI=1S/C17H36N2O/c1-6-8-10-20-11-9-19-14-17(5,7-2)18-13-16(19)12-15(3)4/h15-16,18H,6-14H2,1-5H3. The Morgan fingerprint density at radius 2 is 2.05 bits per heavy atom. The zero-order valence-electron chi connectivity index (χ0n) is 14.4. The van der Waals surface area contributed by atoms with Crippen molar-refractivity contribution in [1.29, 1.82) is 0 Å². The normalized spacial score (nSPS) is 28.2. The molecule has 2 unspecified atom stereocenters. The molecule has 0 amide bonds. The van der Waals surface area contributed by atoms with Gasteiger partial charge in [0.15, 0.2) is 0 Å². The lowest BCUT2D eigenvalue weighted by molar-refractivity contribution is 0.0363. The van der Waals surface area contributed by atoms with Gasteiger partial charge in [0, 0.05) is 37.8 Å². The fourth-order valence-electron chi connectivity index (χ4n) is 2.93. The lowest BCUT2D eigenvalue weighted by atomic mass is 9.91. The van der Waals surface area contributed by atoms with Gasteiger partial charge in [-0.25, -0.2) is 0 Å². The van der Waals surface area contributed by atoms with E-state index in [1.54, 1.807) is 0 Å². The lowest BCUT2D eigenvalue weighted by Gasteiger charge is -2.46. The van der Waals surface area contributed by atoms with Crippen molar-refractivity contribution in [3.8, 4) is 0 Å². The van der Waals surface area contributed by atoms with Crippen LogP contribution in [0.2, 0.25) is 0 Å². The van der Waals surface area contributed by atoms with E-state index in [9.17, 15) is 0 Å². The minimum absolute atomic E-state index is 0.275. The average Bonchev–Trinajstić information content (AvgIpc) is 2.41. The third-order valence-electron chi connectivity index (χ3n) is 4.52. The summed E-state index contributed by atoms with van der Waals surface area (Å²) in [6.07, 6.45) is 4.87. The summed E-state index contributed by atoms with van der Waals surface area (Å²) in [7, 11) is 0. The summed E-state index contributed by atoms with van der Waals surface area (Å²) >= 11 is 0. The van der Waals surface area contributed by atoms with Crippen LogP contribution in [0.4, 0.5) is 0 Å². The molecule has 0 bridgehead atoms. The Morgan fingerprint density at radius 1 is 1.30 bits per heavy atom. The Bertz CT molecular complexity index is 257. The topological polar surface area (TPSA) is 24.5 Å². The maximum absolute atomic E-state index is 5.77. The van der Waals surface area contributed by atoms with Gasteiger partial charge in [-0.3, -0.25) is 4.90 Å². The van der Waals surface area contributed by atoms with E-state index in [0.29, 0.717) is 6.04 Å². The van der Waals surface area contributed by atoms with Crippen LogP contribution in [0.3, 0.4) is 0 Å². The second-order valence-electron chi connectivity index (χ2n) is 7.01. The molecule has 1 fully saturated rings. The Hall–Kier alpha value is -0.120. The molecule has 0 aromatic heterocycles. The zero-order chi connectivity index (χ0) is 15.0. The molecule has 1 aliphatic heterocycles. The number of hydrogen-bond acceptors (Lipinski definition) is 3. The van der Waals surface area contributed by atoms with Crippen LogP contribution in [0.1, 0.15) is 60.3 Å². The van der Waals surface area contributed by atoms with Crippen molar-refractivity contribution >= 4 is 0 Å². The van der Waals surface area contributed by atoms with Gasteiger partial charge in [0.25, 0.3) is 0 Å². The first-order valence-corrected chi connectivity index (χ1v) is 8.57. The fourth-order valence-corrected chi connectivity index (χ4v) is 2.93. The van der Waals surface area contributed by atoms with Crippen molar-refractivity contribution in [3.05, 3.63) is 0 Å². The van der Waals surface area contributed by atoms with Gasteiger partial charge >= 0.3 is 0 Å². The average molecular weight is 284 g/mol. The highest BCUT2D eigenvalue weighted by Gasteiger charge is 2.34. The van der Waals surface area contributed by atoms with Crippen LogP contribution in [0.25, 0.3) is 0 Å². The molecule has 1 N–H and O–H groups in total. The third-order valence-corrected chi connectivity index (χ3v) is 4.52. The highest BCUT2D eigenvalue weighted by atomic mass is 16.5. The Labute approximate surface area is 126 Å². The monoisotopic (exact) mass is 284 g/mol. The Kier molecular flexibility index (Phi) is 8.08. The van der Waals surface area contributed by atoms with E-state index in [0.717, 1.165) is 38.8 Å². The van der Waals surface area contributed by atoms with Crippen molar-refractivity contribution < 1.29 is 4.74 Å². The molecular formula is C17H36N2O. The van der Waals surface area contributed by atoms with Crippen LogP contribution in [-0.2, 0) is 4.74 Å². The molecule has 0 spiro atoms. The van der Waals surface area contributed by atoms with Crippen molar-refractivity contribution in [2.24, 2.45) is 5.92 Å². The fraction of sp³-hybridized carbons (Fsp3) is 1.00. The molecule has 2 atom stereocenters.